The fourth-order valence-electron chi connectivity index (χ4n) is 0.943. The Balaban J connectivity index is 2.54. The van der Waals surface area contributed by atoms with E-state index in [4.69, 9.17) is 4.74 Å². The van der Waals surface area contributed by atoms with Crippen LogP contribution in [0.5, 0.6) is 5.75 Å². The second-order valence-electron chi connectivity index (χ2n) is 2.64. The molecule has 1 aromatic carbocycles. The van der Waals surface area contributed by atoms with Crippen LogP contribution in [0.1, 0.15) is 0 Å². The average molecular weight is 195 g/mol. The minimum absolute atomic E-state index is 0.0658. The van der Waals surface area contributed by atoms with Gasteiger partial charge in [-0.25, -0.2) is 4.79 Å². The van der Waals surface area contributed by atoms with E-state index in [1.807, 2.05) is 25.2 Å². The summed E-state index contributed by atoms with van der Waals surface area (Å²) < 4.78 is 9.64. The van der Waals surface area contributed by atoms with Crippen molar-refractivity contribution in [1.29, 1.82) is 0 Å². The Morgan fingerprint density at radius 3 is 2.93 bits per heavy atom. The van der Waals surface area contributed by atoms with Crippen molar-refractivity contribution in [1.82, 2.24) is 0 Å². The van der Waals surface area contributed by atoms with E-state index in [1.54, 1.807) is 6.07 Å². The third kappa shape index (κ3) is 2.97. The zero-order valence-electron chi connectivity index (χ0n) is 8.24. The highest BCUT2D eigenvalue weighted by Gasteiger charge is 2.01. The fourth-order valence-corrected chi connectivity index (χ4v) is 0.943. The molecule has 0 aliphatic carbocycles. The highest BCUT2D eigenvalue weighted by atomic mass is 16.6. The standard InChI is InChI=1S/C10H13NO3/c1-11-8-4-3-5-9(6-8)14-7-10(12)13-2/h3-6,11H,7H2,1-2H3. The van der Waals surface area contributed by atoms with Gasteiger partial charge in [-0.1, -0.05) is 6.07 Å². The summed E-state index contributed by atoms with van der Waals surface area (Å²) in [5.41, 5.74) is 0.937. The Hall–Kier alpha value is -1.71. The van der Waals surface area contributed by atoms with Crippen LogP contribution in [-0.4, -0.2) is 26.7 Å². The van der Waals surface area contributed by atoms with Crippen molar-refractivity contribution in [2.24, 2.45) is 0 Å². The van der Waals surface area contributed by atoms with Crippen LogP contribution in [0.4, 0.5) is 5.69 Å². The van der Waals surface area contributed by atoms with Gasteiger partial charge in [0.1, 0.15) is 5.75 Å². The van der Waals surface area contributed by atoms with Crippen molar-refractivity contribution >= 4 is 11.7 Å². The van der Waals surface area contributed by atoms with Gasteiger partial charge in [-0.05, 0) is 12.1 Å². The fraction of sp³-hybridized carbons (Fsp3) is 0.300. The maximum atomic E-state index is 10.8. The van der Waals surface area contributed by atoms with Crippen LogP contribution in [0, 0.1) is 0 Å². The van der Waals surface area contributed by atoms with Crippen LogP contribution in [0.3, 0.4) is 0 Å². The van der Waals surface area contributed by atoms with Crippen molar-refractivity contribution in [3.05, 3.63) is 24.3 Å². The van der Waals surface area contributed by atoms with E-state index in [1.165, 1.54) is 7.11 Å². The minimum Gasteiger partial charge on any atom is -0.482 e. The Morgan fingerprint density at radius 2 is 2.29 bits per heavy atom. The molecule has 0 amide bonds. The van der Waals surface area contributed by atoms with Crippen molar-refractivity contribution in [3.8, 4) is 5.75 Å². The Kier molecular flexibility index (Phi) is 3.79. The van der Waals surface area contributed by atoms with Crippen molar-refractivity contribution in [2.45, 2.75) is 0 Å². The van der Waals surface area contributed by atoms with Gasteiger partial charge < -0.3 is 14.8 Å². The SMILES string of the molecule is CNc1cccc(OCC(=O)OC)c1. The normalized spacial score (nSPS) is 9.29. The second kappa shape index (κ2) is 5.11. The lowest BCUT2D eigenvalue weighted by Crippen LogP contribution is -2.12. The maximum Gasteiger partial charge on any atom is 0.343 e. The van der Waals surface area contributed by atoms with Crippen LogP contribution in [-0.2, 0) is 9.53 Å². The molecule has 1 rings (SSSR count). The summed E-state index contributed by atoms with van der Waals surface area (Å²) in [6.45, 7) is -0.0658. The number of carbonyl (C=O) groups excluding carboxylic acids is 1. The van der Waals surface area contributed by atoms with E-state index in [0.717, 1.165) is 5.69 Å². The molecule has 0 spiro atoms. The molecule has 0 atom stereocenters. The van der Waals surface area contributed by atoms with Crippen molar-refractivity contribution in [3.63, 3.8) is 0 Å². The maximum absolute atomic E-state index is 10.8. The first kappa shape index (κ1) is 10.4. The highest BCUT2D eigenvalue weighted by Crippen LogP contribution is 2.16. The lowest BCUT2D eigenvalue weighted by Gasteiger charge is -2.06. The van der Waals surface area contributed by atoms with E-state index in [9.17, 15) is 4.79 Å². The van der Waals surface area contributed by atoms with Crippen molar-refractivity contribution < 1.29 is 14.3 Å². The van der Waals surface area contributed by atoms with Gasteiger partial charge >= 0.3 is 5.97 Å². The van der Waals surface area contributed by atoms with Gasteiger partial charge in [0.15, 0.2) is 6.61 Å². The Bertz CT molecular complexity index is 312. The predicted octanol–water partition coefficient (Wildman–Crippen LogP) is 1.28. The number of esters is 1. The first-order chi connectivity index (χ1) is 6.76. The molecule has 0 fully saturated rings. The molecule has 0 bridgehead atoms. The smallest absolute Gasteiger partial charge is 0.343 e. The molecule has 0 saturated carbocycles. The first-order valence-corrected chi connectivity index (χ1v) is 4.23. The lowest BCUT2D eigenvalue weighted by atomic mass is 10.3. The summed E-state index contributed by atoms with van der Waals surface area (Å²) in [6.07, 6.45) is 0. The third-order valence-corrected chi connectivity index (χ3v) is 1.71. The predicted molar refractivity (Wildman–Crippen MR) is 53.5 cm³/mol. The van der Waals surface area contributed by atoms with Gasteiger partial charge in [0, 0.05) is 18.8 Å². The number of hydrogen-bond donors (Lipinski definition) is 1. The Labute approximate surface area is 82.8 Å². The van der Waals surface area contributed by atoms with Gasteiger partial charge in [0.2, 0.25) is 0 Å². The highest BCUT2D eigenvalue weighted by molar-refractivity contribution is 5.70. The number of carbonyl (C=O) groups is 1. The number of methoxy groups -OCH3 is 1. The molecule has 1 aromatic rings. The van der Waals surface area contributed by atoms with E-state index >= 15 is 0 Å². The summed E-state index contributed by atoms with van der Waals surface area (Å²) in [5.74, 6) is 0.252. The number of nitrogens with one attached hydrogen (secondary N) is 1. The summed E-state index contributed by atoms with van der Waals surface area (Å²) in [4.78, 5) is 10.8. The van der Waals surface area contributed by atoms with Crippen LogP contribution in [0.25, 0.3) is 0 Å². The average Bonchev–Trinajstić information content (AvgIpc) is 2.26. The number of ether oxygens (including phenoxy) is 2. The molecule has 0 saturated heterocycles. The molecule has 4 heteroatoms. The topological polar surface area (TPSA) is 47.6 Å². The summed E-state index contributed by atoms with van der Waals surface area (Å²) in [6, 6.07) is 7.34. The minimum atomic E-state index is -0.389. The molecule has 1 N–H and O–H groups in total. The van der Waals surface area contributed by atoms with Gasteiger partial charge in [-0.2, -0.15) is 0 Å². The molecular weight excluding hydrogens is 182 g/mol. The third-order valence-electron chi connectivity index (χ3n) is 1.71. The molecule has 0 unspecified atom stereocenters. The molecule has 0 aliphatic heterocycles. The van der Waals surface area contributed by atoms with E-state index < -0.39 is 0 Å². The number of rotatable bonds is 4. The summed E-state index contributed by atoms with van der Waals surface area (Å²) in [5, 5.41) is 2.97. The zero-order chi connectivity index (χ0) is 10.4. The second-order valence-corrected chi connectivity index (χ2v) is 2.64. The summed E-state index contributed by atoms with van der Waals surface area (Å²) in [7, 11) is 3.15. The van der Waals surface area contributed by atoms with E-state index in [0.29, 0.717) is 5.75 Å². The number of hydrogen-bond acceptors (Lipinski definition) is 4. The van der Waals surface area contributed by atoms with Crippen LogP contribution in [0.2, 0.25) is 0 Å². The molecule has 4 nitrogen and oxygen atoms in total. The first-order valence-electron chi connectivity index (χ1n) is 4.23. The van der Waals surface area contributed by atoms with Gasteiger partial charge in [-0.3, -0.25) is 0 Å². The molecule has 14 heavy (non-hydrogen) atoms. The van der Waals surface area contributed by atoms with Crippen LogP contribution in [0.15, 0.2) is 24.3 Å². The number of anilines is 1. The zero-order valence-corrected chi connectivity index (χ0v) is 8.24. The molecule has 0 aliphatic rings. The van der Waals surface area contributed by atoms with Gasteiger partial charge in [0.05, 0.1) is 7.11 Å². The van der Waals surface area contributed by atoms with Gasteiger partial charge in [-0.15, -0.1) is 0 Å². The van der Waals surface area contributed by atoms with Crippen LogP contribution >= 0.6 is 0 Å². The molecule has 0 radical (unpaired) electrons. The Morgan fingerprint density at radius 1 is 1.50 bits per heavy atom. The quantitative estimate of drug-likeness (QED) is 0.735. The molecule has 0 aromatic heterocycles. The van der Waals surface area contributed by atoms with E-state index in [2.05, 4.69) is 10.1 Å². The number of benzene rings is 1. The van der Waals surface area contributed by atoms with E-state index in [-0.39, 0.29) is 12.6 Å². The molecule has 76 valence electrons. The van der Waals surface area contributed by atoms with Gasteiger partial charge in [0.25, 0.3) is 0 Å². The van der Waals surface area contributed by atoms with Crippen LogP contribution < -0.4 is 10.1 Å². The largest absolute Gasteiger partial charge is 0.482 e. The monoisotopic (exact) mass is 195 g/mol. The molecular formula is C10H13NO3. The lowest BCUT2D eigenvalue weighted by molar-refractivity contribution is -0.142. The summed E-state index contributed by atoms with van der Waals surface area (Å²) >= 11 is 0. The molecule has 0 heterocycles. The van der Waals surface area contributed by atoms with Crippen molar-refractivity contribution in [2.75, 3.05) is 26.1 Å².